The van der Waals surface area contributed by atoms with Crippen LogP contribution < -0.4 is 9.64 Å². The number of benzene rings is 1. The van der Waals surface area contributed by atoms with Gasteiger partial charge in [0.1, 0.15) is 29.4 Å². The molecule has 172 valence electrons. The van der Waals surface area contributed by atoms with Gasteiger partial charge in [0.2, 0.25) is 0 Å². The van der Waals surface area contributed by atoms with Gasteiger partial charge < -0.3 is 19.6 Å². The summed E-state index contributed by atoms with van der Waals surface area (Å²) < 4.78 is 5.59. The number of nitrogens with zero attached hydrogens (tertiary/aromatic N) is 4. The second-order valence-corrected chi connectivity index (χ2v) is 9.05. The van der Waals surface area contributed by atoms with Crippen molar-refractivity contribution in [1.29, 1.82) is 0 Å². The van der Waals surface area contributed by atoms with Crippen molar-refractivity contribution in [2.75, 3.05) is 24.6 Å². The Kier molecular flexibility index (Phi) is 5.56. The molecule has 0 atom stereocenters. The Balaban J connectivity index is 1.39. The first-order valence-corrected chi connectivity index (χ1v) is 11.9. The molecule has 1 fully saturated rings. The number of nitrogens with one attached hydrogen (secondary N) is 2. The predicted octanol–water partition coefficient (Wildman–Crippen LogP) is 5.31. The number of H-pyrrole nitrogens is 2. The molecule has 1 aromatic carbocycles. The van der Waals surface area contributed by atoms with E-state index in [1.54, 1.807) is 6.33 Å². The fourth-order valence-corrected chi connectivity index (χ4v) is 5.08. The van der Waals surface area contributed by atoms with Gasteiger partial charge in [0.25, 0.3) is 0 Å². The SMILES string of the molecule is CCOc1ccc(-c2nc(C3(CC)CCN(c4ncnc5[nH]c(C)cc45)CC3)[nH]c2C)cc1. The van der Waals surface area contributed by atoms with Gasteiger partial charge in [0.05, 0.1) is 17.7 Å². The zero-order valence-corrected chi connectivity index (χ0v) is 19.9. The molecule has 0 unspecified atom stereocenters. The van der Waals surface area contributed by atoms with Gasteiger partial charge in [-0.05, 0) is 70.4 Å². The number of hydrogen-bond donors (Lipinski definition) is 2. The molecule has 1 aliphatic heterocycles. The third kappa shape index (κ3) is 3.86. The monoisotopic (exact) mass is 444 g/mol. The van der Waals surface area contributed by atoms with E-state index in [1.807, 2.05) is 19.1 Å². The maximum atomic E-state index is 5.59. The average Bonchev–Trinajstić information content (AvgIpc) is 3.42. The van der Waals surface area contributed by atoms with E-state index in [-0.39, 0.29) is 5.41 Å². The average molecular weight is 445 g/mol. The zero-order chi connectivity index (χ0) is 23.0. The molecule has 4 heterocycles. The Morgan fingerprint density at radius 1 is 1.03 bits per heavy atom. The highest BCUT2D eigenvalue weighted by atomic mass is 16.5. The number of imidazole rings is 1. The highest BCUT2D eigenvalue weighted by molar-refractivity contribution is 5.88. The summed E-state index contributed by atoms with van der Waals surface area (Å²) in [7, 11) is 0. The number of fused-ring (bicyclic) bond motifs is 1. The van der Waals surface area contributed by atoms with Crippen molar-refractivity contribution in [2.45, 2.75) is 52.4 Å². The minimum absolute atomic E-state index is 0.0466. The first kappa shape index (κ1) is 21.5. The number of aromatic nitrogens is 5. The number of hydrogen-bond acceptors (Lipinski definition) is 5. The van der Waals surface area contributed by atoms with E-state index in [9.17, 15) is 0 Å². The maximum absolute atomic E-state index is 5.59. The number of aryl methyl sites for hydroxylation is 2. The topological polar surface area (TPSA) is 82.7 Å². The van der Waals surface area contributed by atoms with Crippen LogP contribution in [0.2, 0.25) is 0 Å². The standard InChI is InChI=1S/C26H32N6O/c1-5-26(25-30-18(4)22(31-25)19-7-9-20(10-8-19)33-6-2)11-13-32(14-12-26)24-21-15-17(3)29-23(21)27-16-28-24/h7-10,15-16H,5-6,11-14H2,1-4H3,(H,30,31)(H,27,28,29). The first-order chi connectivity index (χ1) is 16.0. The Morgan fingerprint density at radius 2 is 1.79 bits per heavy atom. The lowest BCUT2D eigenvalue weighted by Crippen LogP contribution is -2.43. The van der Waals surface area contributed by atoms with Crippen molar-refractivity contribution in [1.82, 2.24) is 24.9 Å². The number of anilines is 1. The molecule has 1 aliphatic rings. The quantitative estimate of drug-likeness (QED) is 0.421. The van der Waals surface area contributed by atoms with Gasteiger partial charge in [-0.15, -0.1) is 0 Å². The van der Waals surface area contributed by atoms with Crippen LogP contribution in [0.25, 0.3) is 22.3 Å². The Bertz CT molecular complexity index is 1250. The maximum Gasteiger partial charge on any atom is 0.143 e. The predicted molar refractivity (Wildman–Crippen MR) is 132 cm³/mol. The molecule has 0 radical (unpaired) electrons. The van der Waals surface area contributed by atoms with E-state index in [4.69, 9.17) is 9.72 Å². The van der Waals surface area contributed by atoms with Crippen LogP contribution in [-0.4, -0.2) is 44.6 Å². The highest BCUT2D eigenvalue weighted by Gasteiger charge is 2.38. The van der Waals surface area contributed by atoms with Crippen molar-refractivity contribution in [3.05, 3.63) is 53.9 Å². The zero-order valence-electron chi connectivity index (χ0n) is 19.9. The summed E-state index contributed by atoms with van der Waals surface area (Å²) in [6.07, 6.45) is 4.79. The molecule has 7 heteroatoms. The van der Waals surface area contributed by atoms with Crippen molar-refractivity contribution >= 4 is 16.9 Å². The Labute approximate surface area is 194 Å². The molecule has 0 saturated carbocycles. The molecule has 0 bridgehead atoms. The summed E-state index contributed by atoms with van der Waals surface area (Å²) in [5.74, 6) is 3.03. The molecular formula is C26H32N6O. The first-order valence-electron chi connectivity index (χ1n) is 11.9. The Morgan fingerprint density at radius 3 is 2.48 bits per heavy atom. The van der Waals surface area contributed by atoms with Gasteiger partial charge in [-0.2, -0.15) is 0 Å². The summed E-state index contributed by atoms with van der Waals surface area (Å²) in [4.78, 5) is 23.5. The molecule has 2 N–H and O–H groups in total. The van der Waals surface area contributed by atoms with Crippen LogP contribution in [0.5, 0.6) is 5.75 Å². The molecule has 7 nitrogen and oxygen atoms in total. The summed E-state index contributed by atoms with van der Waals surface area (Å²) >= 11 is 0. The largest absolute Gasteiger partial charge is 0.494 e. The lowest BCUT2D eigenvalue weighted by molar-refractivity contribution is 0.304. The van der Waals surface area contributed by atoms with Gasteiger partial charge in [0.15, 0.2) is 0 Å². The third-order valence-corrected chi connectivity index (χ3v) is 7.06. The number of aromatic amines is 2. The molecular weight excluding hydrogens is 412 g/mol. The van der Waals surface area contributed by atoms with Crippen LogP contribution in [0.4, 0.5) is 5.82 Å². The van der Waals surface area contributed by atoms with Gasteiger partial charge in [-0.3, -0.25) is 0 Å². The van der Waals surface area contributed by atoms with E-state index in [1.165, 1.54) is 0 Å². The van der Waals surface area contributed by atoms with Crippen molar-refractivity contribution < 1.29 is 4.74 Å². The van der Waals surface area contributed by atoms with Crippen LogP contribution in [0, 0.1) is 13.8 Å². The Hall–Kier alpha value is -3.35. The number of piperidine rings is 1. The lowest BCUT2D eigenvalue weighted by Gasteiger charge is -2.40. The third-order valence-electron chi connectivity index (χ3n) is 7.06. The minimum Gasteiger partial charge on any atom is -0.494 e. The van der Waals surface area contributed by atoms with Crippen LogP contribution in [0.3, 0.4) is 0 Å². The highest BCUT2D eigenvalue weighted by Crippen LogP contribution is 2.40. The van der Waals surface area contributed by atoms with Crippen LogP contribution in [-0.2, 0) is 5.41 Å². The fraction of sp³-hybridized carbons (Fsp3) is 0.423. The second kappa shape index (κ2) is 8.54. The van der Waals surface area contributed by atoms with Crippen molar-refractivity contribution in [2.24, 2.45) is 0 Å². The fourth-order valence-electron chi connectivity index (χ4n) is 5.08. The molecule has 33 heavy (non-hydrogen) atoms. The van der Waals surface area contributed by atoms with Crippen molar-refractivity contribution in [3.8, 4) is 17.0 Å². The van der Waals surface area contributed by atoms with Gasteiger partial charge >= 0.3 is 0 Å². The molecule has 0 amide bonds. The van der Waals surface area contributed by atoms with Crippen LogP contribution >= 0.6 is 0 Å². The lowest BCUT2D eigenvalue weighted by atomic mass is 9.75. The van der Waals surface area contributed by atoms with Gasteiger partial charge in [-0.25, -0.2) is 15.0 Å². The van der Waals surface area contributed by atoms with Crippen LogP contribution in [0.1, 0.15) is 50.3 Å². The van der Waals surface area contributed by atoms with Crippen molar-refractivity contribution in [3.63, 3.8) is 0 Å². The summed E-state index contributed by atoms with van der Waals surface area (Å²) in [5, 5.41) is 1.10. The summed E-state index contributed by atoms with van der Waals surface area (Å²) in [6.45, 7) is 11.0. The second-order valence-electron chi connectivity index (χ2n) is 9.05. The normalized spacial score (nSPS) is 15.8. The number of rotatable bonds is 6. The van der Waals surface area contributed by atoms with E-state index < -0.39 is 0 Å². The molecule has 5 rings (SSSR count). The van der Waals surface area contributed by atoms with Crippen LogP contribution in [0.15, 0.2) is 36.7 Å². The van der Waals surface area contributed by atoms with Gasteiger partial charge in [-0.1, -0.05) is 6.92 Å². The van der Waals surface area contributed by atoms with Gasteiger partial charge in [0, 0.05) is 35.5 Å². The molecule has 1 saturated heterocycles. The smallest absolute Gasteiger partial charge is 0.143 e. The molecule has 0 spiro atoms. The van der Waals surface area contributed by atoms with E-state index in [0.717, 1.165) is 83.4 Å². The molecule has 0 aliphatic carbocycles. The molecule has 4 aromatic rings. The molecule has 3 aromatic heterocycles. The summed E-state index contributed by atoms with van der Waals surface area (Å²) in [6, 6.07) is 10.4. The number of ether oxygens (including phenoxy) is 1. The van der Waals surface area contributed by atoms with E-state index in [0.29, 0.717) is 6.61 Å². The van der Waals surface area contributed by atoms with E-state index >= 15 is 0 Å². The van der Waals surface area contributed by atoms with E-state index in [2.05, 4.69) is 63.8 Å². The summed E-state index contributed by atoms with van der Waals surface area (Å²) in [5.41, 5.74) is 5.33. The minimum atomic E-state index is 0.0466.